The fourth-order valence-electron chi connectivity index (χ4n) is 0.844. The number of rotatable bonds is 8. The maximum atomic E-state index is 10.8. The van der Waals surface area contributed by atoms with Gasteiger partial charge in [0.25, 0.3) is 0 Å². The number of carbonyl (C=O) groups excluding carboxylic acids is 4. The van der Waals surface area contributed by atoms with E-state index < -0.39 is 5.97 Å². The minimum absolute atomic E-state index is 0.0243. The molecule has 0 saturated heterocycles. The molecule has 0 unspecified atom stereocenters. The predicted molar refractivity (Wildman–Crippen MR) is 77.2 cm³/mol. The minimum Gasteiger partial charge on any atom is -0.465 e. The summed E-state index contributed by atoms with van der Waals surface area (Å²) in [5, 5.41) is 0. The molecule has 0 fully saturated rings. The number of ketones is 3. The van der Waals surface area contributed by atoms with Crippen molar-refractivity contribution in [3.63, 3.8) is 0 Å². The maximum absolute atomic E-state index is 10.8. The van der Waals surface area contributed by atoms with E-state index in [9.17, 15) is 19.2 Å². The van der Waals surface area contributed by atoms with E-state index in [2.05, 4.69) is 0 Å². The van der Waals surface area contributed by atoms with E-state index in [1.54, 1.807) is 0 Å². The lowest BCUT2D eigenvalue weighted by Gasteiger charge is -2.05. The van der Waals surface area contributed by atoms with Gasteiger partial charge in [-0.05, 0) is 12.8 Å². The van der Waals surface area contributed by atoms with E-state index in [4.69, 9.17) is 27.9 Å². The Morgan fingerprint density at radius 2 is 1.40 bits per heavy atom. The Kier molecular flexibility index (Phi) is 14.0. The molecule has 0 spiro atoms. The molecule has 116 valence electrons. The SMILES string of the molecule is CC(=O)CC(=O)CCl.CC(C)COC(=O)CC(=O)CCl. The first-order valence-electron chi connectivity index (χ1n) is 6.03. The highest BCUT2D eigenvalue weighted by atomic mass is 35.5. The molecule has 0 N–H and O–H groups in total. The van der Waals surface area contributed by atoms with E-state index in [0.717, 1.165) is 0 Å². The predicted octanol–water partition coefficient (Wildman–Crippen LogP) is 2.16. The van der Waals surface area contributed by atoms with Crippen molar-refractivity contribution in [2.75, 3.05) is 18.4 Å². The van der Waals surface area contributed by atoms with E-state index in [-0.39, 0.29) is 42.0 Å². The van der Waals surface area contributed by atoms with Crippen molar-refractivity contribution in [1.82, 2.24) is 0 Å². The zero-order valence-corrected chi connectivity index (χ0v) is 13.4. The number of Topliss-reactive ketones (excluding diaryl/α,β-unsaturated/α-hetero) is 3. The molecule has 0 atom stereocenters. The summed E-state index contributed by atoms with van der Waals surface area (Å²) in [4.78, 5) is 41.9. The summed E-state index contributed by atoms with van der Waals surface area (Å²) in [5.41, 5.74) is 0. The van der Waals surface area contributed by atoms with Crippen LogP contribution in [0.25, 0.3) is 0 Å². The normalized spacial score (nSPS) is 9.50. The summed E-state index contributed by atoms with van der Waals surface area (Å²) in [6.07, 6.45) is -0.236. The highest BCUT2D eigenvalue weighted by molar-refractivity contribution is 6.29. The summed E-state index contributed by atoms with van der Waals surface area (Å²) in [7, 11) is 0. The Morgan fingerprint density at radius 1 is 0.950 bits per heavy atom. The third-order valence-electron chi connectivity index (χ3n) is 1.66. The van der Waals surface area contributed by atoms with E-state index >= 15 is 0 Å². The number of carbonyl (C=O) groups is 4. The van der Waals surface area contributed by atoms with Crippen LogP contribution in [0, 0.1) is 5.92 Å². The molecule has 7 heteroatoms. The molecule has 0 aliphatic heterocycles. The third kappa shape index (κ3) is 17.1. The fourth-order valence-corrected chi connectivity index (χ4v) is 1.03. The monoisotopic (exact) mass is 326 g/mol. The fraction of sp³-hybridized carbons (Fsp3) is 0.692. The highest BCUT2D eigenvalue weighted by Gasteiger charge is 2.09. The molecule has 0 saturated carbocycles. The lowest BCUT2D eigenvalue weighted by Crippen LogP contribution is -2.14. The van der Waals surface area contributed by atoms with Crippen LogP contribution in [0.15, 0.2) is 0 Å². The van der Waals surface area contributed by atoms with Crippen molar-refractivity contribution < 1.29 is 23.9 Å². The van der Waals surface area contributed by atoms with Crippen LogP contribution in [0.2, 0.25) is 0 Å². The van der Waals surface area contributed by atoms with Gasteiger partial charge < -0.3 is 4.74 Å². The first-order valence-corrected chi connectivity index (χ1v) is 7.10. The van der Waals surface area contributed by atoms with Crippen molar-refractivity contribution >= 4 is 46.5 Å². The molecule has 0 amide bonds. The molecular formula is C13H20Cl2O5. The van der Waals surface area contributed by atoms with Crippen molar-refractivity contribution in [2.45, 2.75) is 33.6 Å². The molecule has 5 nitrogen and oxygen atoms in total. The van der Waals surface area contributed by atoms with Crippen LogP contribution in [0.4, 0.5) is 0 Å². The van der Waals surface area contributed by atoms with Crippen LogP contribution in [0.1, 0.15) is 33.6 Å². The van der Waals surface area contributed by atoms with Gasteiger partial charge in [-0.15, -0.1) is 23.2 Å². The summed E-state index contributed by atoms with van der Waals surface area (Å²) >= 11 is 10.3. The van der Waals surface area contributed by atoms with E-state index in [1.807, 2.05) is 13.8 Å². The number of esters is 1. The Bertz CT molecular complexity index is 340. The largest absolute Gasteiger partial charge is 0.465 e. The van der Waals surface area contributed by atoms with Gasteiger partial charge in [0.05, 0.1) is 24.8 Å². The van der Waals surface area contributed by atoms with Crippen molar-refractivity contribution in [2.24, 2.45) is 5.92 Å². The van der Waals surface area contributed by atoms with Crippen LogP contribution in [-0.4, -0.2) is 41.7 Å². The van der Waals surface area contributed by atoms with Crippen molar-refractivity contribution in [3.8, 4) is 0 Å². The van der Waals surface area contributed by atoms with Crippen LogP contribution in [0.5, 0.6) is 0 Å². The van der Waals surface area contributed by atoms with Crippen molar-refractivity contribution in [1.29, 1.82) is 0 Å². The molecule has 0 aliphatic rings. The lowest BCUT2D eigenvalue weighted by molar-refractivity contribution is -0.146. The molecule has 20 heavy (non-hydrogen) atoms. The summed E-state index contributed by atoms with van der Waals surface area (Å²) in [5.74, 6) is -1.02. The maximum Gasteiger partial charge on any atom is 0.313 e. The van der Waals surface area contributed by atoms with Gasteiger partial charge >= 0.3 is 5.97 Å². The Morgan fingerprint density at radius 3 is 1.70 bits per heavy atom. The highest BCUT2D eigenvalue weighted by Crippen LogP contribution is 1.96. The zero-order valence-electron chi connectivity index (χ0n) is 11.9. The van der Waals surface area contributed by atoms with E-state index in [1.165, 1.54) is 6.92 Å². The molecule has 0 aromatic rings. The average Bonchev–Trinajstić information content (AvgIpc) is 2.36. The van der Waals surface area contributed by atoms with Gasteiger partial charge in [-0.25, -0.2) is 0 Å². The average molecular weight is 327 g/mol. The van der Waals surface area contributed by atoms with Gasteiger partial charge in [-0.2, -0.15) is 0 Å². The third-order valence-corrected chi connectivity index (χ3v) is 2.26. The summed E-state index contributed by atoms with van der Waals surface area (Å²) in [6.45, 7) is 5.58. The number of hydrogen-bond acceptors (Lipinski definition) is 5. The van der Waals surface area contributed by atoms with Gasteiger partial charge in [0.2, 0.25) is 0 Å². The van der Waals surface area contributed by atoms with E-state index in [0.29, 0.717) is 12.5 Å². The zero-order chi connectivity index (χ0) is 16.1. The standard InChI is InChI=1S/C8H13ClO3.C5H7ClO2/c1-6(2)5-12-8(11)3-7(10)4-9;1-4(7)2-5(8)3-6/h6H,3-5H2,1-2H3;2-3H2,1H3. The molecular weight excluding hydrogens is 307 g/mol. The first kappa shape index (κ1) is 21.4. The molecule has 0 aromatic heterocycles. The van der Waals surface area contributed by atoms with Crippen LogP contribution < -0.4 is 0 Å². The summed E-state index contributed by atoms with van der Waals surface area (Å²) in [6, 6.07) is 0. The van der Waals surface area contributed by atoms with Crippen molar-refractivity contribution in [3.05, 3.63) is 0 Å². The smallest absolute Gasteiger partial charge is 0.313 e. The molecule has 0 aliphatic carbocycles. The van der Waals surface area contributed by atoms with Gasteiger partial charge in [0.1, 0.15) is 12.2 Å². The Labute approximate surface area is 128 Å². The Hall–Kier alpha value is -0.940. The molecule has 0 aromatic carbocycles. The summed E-state index contributed by atoms with van der Waals surface area (Å²) < 4.78 is 4.76. The first-order chi connectivity index (χ1) is 9.22. The number of ether oxygens (including phenoxy) is 1. The quantitative estimate of drug-likeness (QED) is 0.388. The van der Waals surface area contributed by atoms with Gasteiger partial charge in [0, 0.05) is 0 Å². The molecule has 0 bridgehead atoms. The molecule has 0 radical (unpaired) electrons. The van der Waals surface area contributed by atoms with Gasteiger partial charge in [-0.3, -0.25) is 19.2 Å². The number of alkyl halides is 2. The van der Waals surface area contributed by atoms with Crippen LogP contribution in [0.3, 0.4) is 0 Å². The second kappa shape index (κ2) is 13.1. The molecule has 0 heterocycles. The number of hydrogen-bond donors (Lipinski definition) is 0. The van der Waals surface area contributed by atoms with Crippen LogP contribution >= 0.6 is 23.2 Å². The lowest BCUT2D eigenvalue weighted by atomic mass is 10.2. The topological polar surface area (TPSA) is 77.5 Å². The van der Waals surface area contributed by atoms with Gasteiger partial charge in [-0.1, -0.05) is 13.8 Å². The second-order valence-corrected chi connectivity index (χ2v) is 5.01. The Balaban J connectivity index is 0. The second-order valence-electron chi connectivity index (χ2n) is 4.48. The molecule has 0 rings (SSSR count). The van der Waals surface area contributed by atoms with Crippen LogP contribution in [-0.2, 0) is 23.9 Å². The van der Waals surface area contributed by atoms with Gasteiger partial charge in [0.15, 0.2) is 11.6 Å². The minimum atomic E-state index is -0.491. The number of halogens is 2.